The average molecular weight is 338 g/mol. The number of halogens is 1. The zero-order chi connectivity index (χ0) is 16.8. The van der Waals surface area contributed by atoms with Crippen molar-refractivity contribution in [2.24, 2.45) is 0 Å². The van der Waals surface area contributed by atoms with E-state index in [1.54, 1.807) is 19.1 Å². The van der Waals surface area contributed by atoms with E-state index in [1.165, 1.54) is 6.20 Å². The van der Waals surface area contributed by atoms with Gasteiger partial charge < -0.3 is 9.47 Å². The molecule has 0 spiro atoms. The van der Waals surface area contributed by atoms with Crippen LogP contribution in [0.1, 0.15) is 42.7 Å². The summed E-state index contributed by atoms with van der Waals surface area (Å²) >= 11 is -0.0994. The van der Waals surface area contributed by atoms with Gasteiger partial charge in [-0.2, -0.15) is 9.19 Å². The third kappa shape index (κ3) is 4.25. The first kappa shape index (κ1) is 17.3. The number of carbonyl (C=O) groups is 1. The molecule has 1 aliphatic rings. The minimum atomic E-state index is -0.562. The van der Waals surface area contributed by atoms with Crippen molar-refractivity contribution in [1.29, 1.82) is 0 Å². The number of aromatic nitrogens is 2. The average Bonchev–Trinajstić information content (AvgIpc) is 3.25. The first-order valence-electron chi connectivity index (χ1n) is 7.36. The van der Waals surface area contributed by atoms with Crippen molar-refractivity contribution in [2.45, 2.75) is 32.8 Å². The Hall–Kier alpha value is -2.02. The van der Waals surface area contributed by atoms with Crippen molar-refractivity contribution in [3.8, 4) is 0 Å². The Labute approximate surface area is 139 Å². The van der Waals surface area contributed by atoms with Crippen LogP contribution in [0.15, 0.2) is 36.8 Å². The third-order valence-corrected chi connectivity index (χ3v) is 3.45. The molecule has 0 saturated heterocycles. The van der Waals surface area contributed by atoms with E-state index in [0.717, 1.165) is 16.9 Å². The molecule has 1 aliphatic carbocycles. The fourth-order valence-electron chi connectivity index (χ4n) is 1.97. The van der Waals surface area contributed by atoms with Gasteiger partial charge in [0.1, 0.15) is 17.0 Å². The van der Waals surface area contributed by atoms with Gasteiger partial charge in [0.15, 0.2) is 12.3 Å². The molecule has 0 aliphatic heterocycles. The minimum Gasteiger partial charge on any atom is -0.490 e. The maximum atomic E-state index is 12.9. The van der Waals surface area contributed by atoms with Crippen molar-refractivity contribution in [3.05, 3.63) is 48.0 Å². The van der Waals surface area contributed by atoms with E-state index in [0.29, 0.717) is 11.3 Å². The minimum absolute atomic E-state index is 0.0994. The maximum absolute atomic E-state index is 12.9. The predicted octanol–water partition coefficient (Wildman–Crippen LogP) is 4.09. The summed E-state index contributed by atoms with van der Waals surface area (Å²) in [6.45, 7) is 7.56. The van der Waals surface area contributed by atoms with E-state index < -0.39 is 5.97 Å². The van der Waals surface area contributed by atoms with Crippen LogP contribution in [0.2, 0.25) is 0 Å². The SMILES string of the molecule is C=C/C(=C(\C=C/C)OC1CC1)c1nn(SF)cc1C(=O)OCC. The van der Waals surface area contributed by atoms with Crippen LogP contribution < -0.4 is 0 Å². The lowest BCUT2D eigenvalue weighted by atomic mass is 10.1. The van der Waals surface area contributed by atoms with Gasteiger partial charge in [0, 0.05) is 5.57 Å². The lowest BCUT2D eigenvalue weighted by Crippen LogP contribution is -2.07. The molecular formula is C16H19FN2O3S. The van der Waals surface area contributed by atoms with Gasteiger partial charge in [0.25, 0.3) is 0 Å². The maximum Gasteiger partial charge on any atom is 0.342 e. The van der Waals surface area contributed by atoms with Gasteiger partial charge in [-0.15, -0.1) is 3.89 Å². The van der Waals surface area contributed by atoms with Crippen LogP contribution in [0.5, 0.6) is 0 Å². The number of esters is 1. The molecule has 5 nitrogen and oxygen atoms in total. The third-order valence-electron chi connectivity index (χ3n) is 3.12. The van der Waals surface area contributed by atoms with E-state index >= 15 is 0 Å². The highest BCUT2D eigenvalue weighted by Crippen LogP contribution is 2.32. The van der Waals surface area contributed by atoms with Crippen molar-refractivity contribution >= 4 is 23.9 Å². The van der Waals surface area contributed by atoms with Crippen LogP contribution in [0.3, 0.4) is 0 Å². The summed E-state index contributed by atoms with van der Waals surface area (Å²) in [6, 6.07) is 0. The molecule has 0 amide bonds. The van der Waals surface area contributed by atoms with Gasteiger partial charge in [-0.05, 0) is 32.8 Å². The zero-order valence-corrected chi connectivity index (χ0v) is 13.9. The lowest BCUT2D eigenvalue weighted by molar-refractivity contribution is 0.0526. The van der Waals surface area contributed by atoms with Gasteiger partial charge in [-0.3, -0.25) is 0 Å². The summed E-state index contributed by atoms with van der Waals surface area (Å²) in [5.41, 5.74) is 0.997. The fraction of sp³-hybridized carbons (Fsp3) is 0.375. The second-order valence-corrected chi connectivity index (χ2v) is 5.39. The highest BCUT2D eigenvalue weighted by Gasteiger charge is 2.27. The van der Waals surface area contributed by atoms with Gasteiger partial charge >= 0.3 is 5.97 Å². The summed E-state index contributed by atoms with van der Waals surface area (Å²) in [4.78, 5) is 12.1. The van der Waals surface area contributed by atoms with E-state index in [2.05, 4.69) is 11.7 Å². The summed E-state index contributed by atoms with van der Waals surface area (Å²) in [5, 5.41) is 4.09. The molecule has 0 N–H and O–H groups in total. The normalized spacial score (nSPS) is 15.4. The quantitative estimate of drug-likeness (QED) is 0.406. The van der Waals surface area contributed by atoms with Gasteiger partial charge in [-0.25, -0.2) is 4.79 Å². The van der Waals surface area contributed by atoms with Crippen molar-refractivity contribution < 1.29 is 18.2 Å². The smallest absolute Gasteiger partial charge is 0.342 e. The Morgan fingerprint density at radius 3 is 2.87 bits per heavy atom. The number of hydrogen-bond donors (Lipinski definition) is 0. The van der Waals surface area contributed by atoms with E-state index in [4.69, 9.17) is 9.47 Å². The molecule has 0 radical (unpaired) electrons. The Balaban J connectivity index is 2.51. The van der Waals surface area contributed by atoms with Crippen LogP contribution in [0.25, 0.3) is 5.57 Å². The van der Waals surface area contributed by atoms with Gasteiger partial charge in [-0.1, -0.05) is 18.7 Å². The van der Waals surface area contributed by atoms with Gasteiger partial charge in [0.2, 0.25) is 0 Å². The largest absolute Gasteiger partial charge is 0.490 e. The van der Waals surface area contributed by atoms with Crippen molar-refractivity contribution in [1.82, 2.24) is 9.19 Å². The number of allylic oxidation sites excluding steroid dienone is 4. The molecule has 1 aromatic heterocycles. The second kappa shape index (κ2) is 8.01. The number of nitrogens with zero attached hydrogens (tertiary/aromatic N) is 2. The van der Waals surface area contributed by atoms with E-state index in [9.17, 15) is 8.68 Å². The van der Waals surface area contributed by atoms with E-state index in [-0.39, 0.29) is 36.3 Å². The Morgan fingerprint density at radius 1 is 1.61 bits per heavy atom. The van der Waals surface area contributed by atoms with Crippen LogP contribution >= 0.6 is 12.3 Å². The topological polar surface area (TPSA) is 53.4 Å². The predicted molar refractivity (Wildman–Crippen MR) is 88.3 cm³/mol. The number of rotatable bonds is 8. The molecule has 1 saturated carbocycles. The lowest BCUT2D eigenvalue weighted by Gasteiger charge is -2.10. The molecule has 7 heteroatoms. The van der Waals surface area contributed by atoms with Crippen LogP contribution in [-0.4, -0.2) is 27.9 Å². The molecule has 1 heterocycles. The molecule has 0 aromatic carbocycles. The molecule has 1 fully saturated rings. The molecular weight excluding hydrogens is 319 g/mol. The van der Waals surface area contributed by atoms with Crippen LogP contribution in [0.4, 0.5) is 3.89 Å². The monoisotopic (exact) mass is 338 g/mol. The summed E-state index contributed by atoms with van der Waals surface area (Å²) in [7, 11) is 0. The number of hydrogen-bond acceptors (Lipinski definition) is 5. The van der Waals surface area contributed by atoms with Crippen molar-refractivity contribution in [2.75, 3.05) is 6.61 Å². The van der Waals surface area contributed by atoms with Crippen LogP contribution in [0, 0.1) is 0 Å². The molecule has 0 unspecified atom stereocenters. The molecule has 0 bridgehead atoms. The fourth-order valence-corrected chi connectivity index (χ4v) is 2.23. The zero-order valence-electron chi connectivity index (χ0n) is 13.1. The highest BCUT2D eigenvalue weighted by atomic mass is 32.2. The molecule has 0 atom stereocenters. The molecule has 124 valence electrons. The number of ether oxygens (including phenoxy) is 2. The molecule has 1 aromatic rings. The van der Waals surface area contributed by atoms with Crippen molar-refractivity contribution in [3.63, 3.8) is 0 Å². The summed E-state index contributed by atoms with van der Waals surface area (Å²) in [6.07, 6.45) is 8.61. The Bertz CT molecular complexity index is 648. The summed E-state index contributed by atoms with van der Waals surface area (Å²) < 4.78 is 24.7. The Morgan fingerprint density at radius 2 is 2.35 bits per heavy atom. The van der Waals surface area contributed by atoms with E-state index in [1.807, 2.05) is 13.0 Å². The summed E-state index contributed by atoms with van der Waals surface area (Å²) in [5.74, 6) is -0.00180. The molecule has 23 heavy (non-hydrogen) atoms. The Kier molecular flexibility index (Phi) is 6.04. The first-order chi connectivity index (χ1) is 11.1. The molecule has 2 rings (SSSR count). The second-order valence-electron chi connectivity index (χ2n) is 4.88. The first-order valence-corrected chi connectivity index (χ1v) is 8.04. The van der Waals surface area contributed by atoms with Crippen LogP contribution in [-0.2, 0) is 9.47 Å². The number of carbonyl (C=O) groups excluding carboxylic acids is 1. The highest BCUT2D eigenvalue weighted by molar-refractivity contribution is 7.92. The standard InChI is InChI=1S/C16H19FN2O3S/c1-4-7-14(22-11-8-9-11)12(5-2)15-13(16(20)21-6-3)10-19(18-15)23-17/h4-5,7,10-11H,2,6,8-9H2,1,3H3/b7-4-,14-12-. The van der Waals surface area contributed by atoms with Gasteiger partial charge in [0.05, 0.1) is 18.9 Å².